The minimum absolute atomic E-state index is 0.160. The van der Waals surface area contributed by atoms with Crippen molar-refractivity contribution in [3.05, 3.63) is 71.6 Å². The van der Waals surface area contributed by atoms with Crippen molar-refractivity contribution < 1.29 is 8.42 Å². The molecule has 0 bridgehead atoms. The highest BCUT2D eigenvalue weighted by Crippen LogP contribution is 2.29. The van der Waals surface area contributed by atoms with Gasteiger partial charge >= 0.3 is 0 Å². The van der Waals surface area contributed by atoms with Gasteiger partial charge in [0, 0.05) is 5.69 Å². The standard InChI is InChI=1S/C22H22N4O2S2/c1-3-15(2)16-10-12-17(13-11-16)23-21-22(25-19-8-5-4-7-18(19)24-21)26-30(27,28)20-9-6-14-29-20/h4-15H,3H2,1-2H3,(H,23,24)(H,25,26). The molecule has 1 unspecified atom stereocenters. The number of rotatable bonds is 7. The number of benzene rings is 2. The van der Waals surface area contributed by atoms with Gasteiger partial charge in [0.05, 0.1) is 11.0 Å². The Morgan fingerprint density at radius 2 is 1.60 bits per heavy atom. The predicted molar refractivity (Wildman–Crippen MR) is 123 cm³/mol. The average Bonchev–Trinajstić information content (AvgIpc) is 3.30. The Bertz CT molecular complexity index is 1250. The van der Waals surface area contributed by atoms with Gasteiger partial charge in [0.25, 0.3) is 10.0 Å². The highest BCUT2D eigenvalue weighted by atomic mass is 32.2. The maximum atomic E-state index is 12.8. The molecule has 0 saturated heterocycles. The van der Waals surface area contributed by atoms with Crippen LogP contribution in [-0.4, -0.2) is 18.4 Å². The van der Waals surface area contributed by atoms with Crippen LogP contribution >= 0.6 is 11.3 Å². The lowest BCUT2D eigenvalue weighted by molar-refractivity contribution is 0.603. The lowest BCUT2D eigenvalue weighted by atomic mass is 9.99. The fourth-order valence-corrected chi connectivity index (χ4v) is 5.02. The second-order valence-corrected chi connectivity index (χ2v) is 9.86. The summed E-state index contributed by atoms with van der Waals surface area (Å²) in [6.45, 7) is 4.35. The van der Waals surface area contributed by atoms with Crippen molar-refractivity contribution in [2.45, 2.75) is 30.4 Å². The zero-order valence-corrected chi connectivity index (χ0v) is 18.3. The number of fused-ring (bicyclic) bond motifs is 1. The van der Waals surface area contributed by atoms with Crippen LogP contribution < -0.4 is 10.0 Å². The molecule has 0 aliphatic heterocycles. The molecule has 0 spiro atoms. The first-order valence-electron chi connectivity index (χ1n) is 9.66. The van der Waals surface area contributed by atoms with Gasteiger partial charge in [-0.1, -0.05) is 44.2 Å². The van der Waals surface area contributed by atoms with Crippen molar-refractivity contribution >= 4 is 49.7 Å². The lowest BCUT2D eigenvalue weighted by Gasteiger charge is -2.14. The molecule has 2 N–H and O–H groups in total. The molecule has 2 aromatic carbocycles. The van der Waals surface area contributed by atoms with Crippen LogP contribution in [0, 0.1) is 0 Å². The van der Waals surface area contributed by atoms with Crippen molar-refractivity contribution in [1.29, 1.82) is 0 Å². The number of thiophene rings is 1. The molecule has 4 aromatic rings. The van der Waals surface area contributed by atoms with E-state index in [4.69, 9.17) is 0 Å². The Morgan fingerprint density at radius 3 is 2.20 bits per heavy atom. The lowest BCUT2D eigenvalue weighted by Crippen LogP contribution is -2.15. The monoisotopic (exact) mass is 438 g/mol. The Kier molecular flexibility index (Phi) is 5.69. The van der Waals surface area contributed by atoms with Gasteiger partial charge in [0.1, 0.15) is 4.21 Å². The Morgan fingerprint density at radius 1 is 0.933 bits per heavy atom. The first-order valence-corrected chi connectivity index (χ1v) is 12.0. The van der Waals surface area contributed by atoms with Crippen LogP contribution in [0.5, 0.6) is 0 Å². The predicted octanol–water partition coefficient (Wildman–Crippen LogP) is 5.75. The van der Waals surface area contributed by atoms with Gasteiger partial charge in [-0.25, -0.2) is 18.4 Å². The van der Waals surface area contributed by atoms with E-state index < -0.39 is 10.0 Å². The molecule has 1 atom stereocenters. The van der Waals surface area contributed by atoms with Gasteiger partial charge in [-0.3, -0.25) is 4.72 Å². The van der Waals surface area contributed by atoms with E-state index in [1.165, 1.54) is 5.56 Å². The summed E-state index contributed by atoms with van der Waals surface area (Å²) in [5.74, 6) is 0.992. The van der Waals surface area contributed by atoms with Crippen molar-refractivity contribution in [3.8, 4) is 0 Å². The molecular weight excluding hydrogens is 416 g/mol. The quantitative estimate of drug-likeness (QED) is 0.384. The maximum Gasteiger partial charge on any atom is 0.272 e. The minimum Gasteiger partial charge on any atom is -0.337 e. The maximum absolute atomic E-state index is 12.8. The molecule has 154 valence electrons. The normalized spacial score (nSPS) is 12.6. The highest BCUT2D eigenvalue weighted by molar-refractivity contribution is 7.94. The minimum atomic E-state index is -3.75. The van der Waals surface area contributed by atoms with Crippen molar-refractivity contribution in [2.24, 2.45) is 0 Å². The third kappa shape index (κ3) is 4.29. The zero-order chi connectivity index (χ0) is 21.1. The van der Waals surface area contributed by atoms with Crippen molar-refractivity contribution in [3.63, 3.8) is 0 Å². The first kappa shape index (κ1) is 20.3. The summed E-state index contributed by atoms with van der Waals surface area (Å²) >= 11 is 1.15. The third-order valence-electron chi connectivity index (χ3n) is 4.92. The molecule has 0 fully saturated rings. The average molecular weight is 439 g/mol. The van der Waals surface area contributed by atoms with E-state index in [-0.39, 0.29) is 10.0 Å². The van der Waals surface area contributed by atoms with Gasteiger partial charge in [0.15, 0.2) is 11.6 Å². The van der Waals surface area contributed by atoms with E-state index in [0.717, 1.165) is 23.4 Å². The number of nitrogens with zero attached hydrogens (tertiary/aromatic N) is 2. The molecule has 4 rings (SSSR count). The van der Waals surface area contributed by atoms with Crippen LogP contribution in [0.25, 0.3) is 11.0 Å². The number of hydrogen-bond donors (Lipinski definition) is 2. The first-order chi connectivity index (χ1) is 14.5. The van der Waals surface area contributed by atoms with Crippen LogP contribution in [0.3, 0.4) is 0 Å². The molecule has 8 heteroatoms. The summed E-state index contributed by atoms with van der Waals surface area (Å²) in [6, 6.07) is 18.7. The molecule has 2 aromatic heterocycles. The van der Waals surface area contributed by atoms with Crippen LogP contribution in [0.1, 0.15) is 31.7 Å². The largest absolute Gasteiger partial charge is 0.337 e. The second kappa shape index (κ2) is 8.41. The van der Waals surface area contributed by atoms with E-state index in [2.05, 4.69) is 46.0 Å². The molecule has 0 radical (unpaired) electrons. The topological polar surface area (TPSA) is 84.0 Å². The summed E-state index contributed by atoms with van der Waals surface area (Å²) in [4.78, 5) is 9.13. The second-order valence-electron chi connectivity index (χ2n) is 7.00. The van der Waals surface area contributed by atoms with Gasteiger partial charge in [0.2, 0.25) is 0 Å². The summed E-state index contributed by atoms with van der Waals surface area (Å²) in [5, 5.41) is 4.94. The Labute approximate surface area is 180 Å². The van der Waals surface area contributed by atoms with Crippen molar-refractivity contribution in [1.82, 2.24) is 9.97 Å². The molecular formula is C22H22N4O2S2. The SMILES string of the molecule is CCC(C)c1ccc(Nc2nc3ccccc3nc2NS(=O)(=O)c2cccs2)cc1. The smallest absolute Gasteiger partial charge is 0.272 e. The number of nitrogens with one attached hydrogen (secondary N) is 2. The van der Waals surface area contributed by atoms with Crippen LogP contribution in [0.4, 0.5) is 17.3 Å². The summed E-state index contributed by atoms with van der Waals surface area (Å²) in [7, 11) is -3.75. The number of para-hydroxylation sites is 2. The fraction of sp³-hybridized carbons (Fsp3) is 0.182. The van der Waals surface area contributed by atoms with Gasteiger partial charge < -0.3 is 5.32 Å². The van der Waals surface area contributed by atoms with Crippen LogP contribution in [-0.2, 0) is 10.0 Å². The number of hydrogen-bond acceptors (Lipinski definition) is 6. The van der Waals surface area contributed by atoms with Gasteiger partial charge in [-0.2, -0.15) is 0 Å². The Balaban J connectivity index is 1.71. The van der Waals surface area contributed by atoms with Crippen LogP contribution in [0.15, 0.2) is 70.3 Å². The number of sulfonamides is 1. The number of anilines is 3. The van der Waals surface area contributed by atoms with Gasteiger partial charge in [-0.05, 0) is 53.6 Å². The van der Waals surface area contributed by atoms with Crippen molar-refractivity contribution in [2.75, 3.05) is 10.0 Å². The molecule has 0 aliphatic rings. The number of aromatic nitrogens is 2. The molecule has 6 nitrogen and oxygen atoms in total. The van der Waals surface area contributed by atoms with E-state index in [1.54, 1.807) is 23.6 Å². The van der Waals surface area contributed by atoms with E-state index in [0.29, 0.717) is 22.8 Å². The molecule has 0 amide bonds. The highest BCUT2D eigenvalue weighted by Gasteiger charge is 2.20. The van der Waals surface area contributed by atoms with Gasteiger partial charge in [-0.15, -0.1) is 11.3 Å². The zero-order valence-electron chi connectivity index (χ0n) is 16.7. The fourth-order valence-electron chi connectivity index (χ4n) is 3.02. The Hall–Kier alpha value is -2.97. The summed E-state index contributed by atoms with van der Waals surface area (Å²) in [6.07, 6.45) is 1.07. The van der Waals surface area contributed by atoms with E-state index in [1.807, 2.05) is 30.3 Å². The third-order valence-corrected chi connectivity index (χ3v) is 7.65. The van der Waals surface area contributed by atoms with E-state index in [9.17, 15) is 8.42 Å². The van der Waals surface area contributed by atoms with Crippen LogP contribution in [0.2, 0.25) is 0 Å². The van der Waals surface area contributed by atoms with E-state index >= 15 is 0 Å². The molecule has 30 heavy (non-hydrogen) atoms. The molecule has 0 aliphatic carbocycles. The summed E-state index contributed by atoms with van der Waals surface area (Å²) in [5.41, 5.74) is 3.35. The molecule has 0 saturated carbocycles. The molecule has 2 heterocycles. The summed E-state index contributed by atoms with van der Waals surface area (Å²) < 4.78 is 28.3.